The van der Waals surface area contributed by atoms with Gasteiger partial charge in [0.05, 0.1) is 4.90 Å². The molecule has 0 unspecified atom stereocenters. The second-order valence-electron chi connectivity index (χ2n) is 6.76. The zero-order chi connectivity index (χ0) is 18.0. The van der Waals surface area contributed by atoms with Crippen LogP contribution in [0.3, 0.4) is 0 Å². The number of sulfonamides is 1. The number of fused-ring (bicyclic) bond motifs is 1. The Morgan fingerprint density at radius 1 is 1.12 bits per heavy atom. The van der Waals surface area contributed by atoms with E-state index in [-0.39, 0.29) is 22.6 Å². The van der Waals surface area contributed by atoms with Crippen LogP contribution in [0.5, 0.6) is 0 Å². The van der Waals surface area contributed by atoms with Gasteiger partial charge in [0.2, 0.25) is 10.0 Å². The fraction of sp³-hybridized carbons (Fsp3) is 0.500. The van der Waals surface area contributed by atoms with Gasteiger partial charge in [-0.15, -0.1) is 0 Å². The molecule has 0 radical (unpaired) electrons. The van der Waals surface area contributed by atoms with Gasteiger partial charge in [-0.2, -0.15) is 4.31 Å². The lowest BCUT2D eigenvalue weighted by Gasteiger charge is -2.19. The molecular formula is C18H24N2O4S. The average molecular weight is 364 g/mol. The van der Waals surface area contributed by atoms with E-state index in [2.05, 4.69) is 5.32 Å². The van der Waals surface area contributed by atoms with Crippen molar-refractivity contribution in [2.45, 2.75) is 50.5 Å². The van der Waals surface area contributed by atoms with Gasteiger partial charge in [-0.1, -0.05) is 12.8 Å². The van der Waals surface area contributed by atoms with Crippen LogP contribution in [-0.4, -0.2) is 37.8 Å². The summed E-state index contributed by atoms with van der Waals surface area (Å²) in [6.07, 6.45) is 3.93. The number of hydrogen-bond acceptors (Lipinski definition) is 4. The molecule has 1 amide bonds. The van der Waals surface area contributed by atoms with Crippen LogP contribution in [-0.2, 0) is 10.0 Å². The highest BCUT2D eigenvalue weighted by molar-refractivity contribution is 7.89. The van der Waals surface area contributed by atoms with Gasteiger partial charge in [0.25, 0.3) is 5.91 Å². The molecule has 0 spiro atoms. The fourth-order valence-electron chi connectivity index (χ4n) is 3.06. The van der Waals surface area contributed by atoms with E-state index >= 15 is 0 Å². The van der Waals surface area contributed by atoms with Crippen molar-refractivity contribution in [3.63, 3.8) is 0 Å². The lowest BCUT2D eigenvalue weighted by molar-refractivity contribution is 0.0917. The summed E-state index contributed by atoms with van der Waals surface area (Å²) in [7, 11) is -3.52. The van der Waals surface area contributed by atoms with Crippen LogP contribution in [0.15, 0.2) is 33.6 Å². The number of carbonyl (C=O) groups excluding carboxylic acids is 1. The predicted molar refractivity (Wildman–Crippen MR) is 96.0 cm³/mol. The van der Waals surface area contributed by atoms with E-state index in [0.29, 0.717) is 24.1 Å². The number of amides is 1. The molecule has 1 aliphatic rings. The molecule has 136 valence electrons. The third-order valence-corrected chi connectivity index (χ3v) is 6.23. The molecule has 25 heavy (non-hydrogen) atoms. The first-order valence-electron chi connectivity index (χ1n) is 8.72. The Bertz CT molecular complexity index is 862. The monoisotopic (exact) mass is 364 g/mol. The lowest BCUT2D eigenvalue weighted by atomic mass is 10.2. The van der Waals surface area contributed by atoms with Gasteiger partial charge in [-0.3, -0.25) is 4.79 Å². The Morgan fingerprint density at radius 2 is 1.80 bits per heavy atom. The molecule has 0 aliphatic carbocycles. The molecule has 1 fully saturated rings. The first kappa shape index (κ1) is 17.9. The van der Waals surface area contributed by atoms with Crippen LogP contribution in [0, 0.1) is 0 Å². The van der Waals surface area contributed by atoms with E-state index in [0.717, 1.165) is 25.7 Å². The molecule has 1 N–H and O–H groups in total. The molecule has 0 bridgehead atoms. The highest BCUT2D eigenvalue weighted by atomic mass is 32.2. The summed E-state index contributed by atoms with van der Waals surface area (Å²) in [5, 5.41) is 3.38. The summed E-state index contributed by atoms with van der Waals surface area (Å²) < 4.78 is 32.9. The quantitative estimate of drug-likeness (QED) is 0.904. The number of carbonyl (C=O) groups is 1. The summed E-state index contributed by atoms with van der Waals surface area (Å²) in [6.45, 7) is 4.86. The molecule has 1 aromatic carbocycles. The predicted octanol–water partition coefficient (Wildman–Crippen LogP) is 3.14. The van der Waals surface area contributed by atoms with E-state index in [4.69, 9.17) is 4.42 Å². The Morgan fingerprint density at radius 3 is 2.44 bits per heavy atom. The van der Waals surface area contributed by atoms with Crippen LogP contribution in [0.25, 0.3) is 11.0 Å². The smallest absolute Gasteiger partial charge is 0.287 e. The molecule has 1 aliphatic heterocycles. The number of nitrogens with zero attached hydrogens (tertiary/aromatic N) is 1. The minimum atomic E-state index is -3.52. The highest BCUT2D eigenvalue weighted by Crippen LogP contribution is 2.26. The van der Waals surface area contributed by atoms with Gasteiger partial charge in [-0.05, 0) is 51.0 Å². The van der Waals surface area contributed by atoms with Gasteiger partial charge in [0, 0.05) is 24.5 Å². The Kier molecular flexibility index (Phi) is 5.15. The maximum Gasteiger partial charge on any atom is 0.287 e. The van der Waals surface area contributed by atoms with Crippen LogP contribution < -0.4 is 5.32 Å². The average Bonchev–Trinajstić information content (AvgIpc) is 2.78. The van der Waals surface area contributed by atoms with Crippen molar-refractivity contribution in [3.05, 3.63) is 30.0 Å². The van der Waals surface area contributed by atoms with Gasteiger partial charge in [-0.25, -0.2) is 8.42 Å². The van der Waals surface area contributed by atoms with Gasteiger partial charge >= 0.3 is 0 Å². The van der Waals surface area contributed by atoms with Crippen molar-refractivity contribution < 1.29 is 17.6 Å². The van der Waals surface area contributed by atoms with Crippen molar-refractivity contribution in [1.29, 1.82) is 0 Å². The van der Waals surface area contributed by atoms with Crippen LogP contribution in [0.1, 0.15) is 50.1 Å². The standard InChI is InChI=1S/C18H24N2O4S/c1-13(2)19-18(21)17-12-14-11-15(7-8-16(14)24-17)25(22,23)20-9-5-3-4-6-10-20/h7-8,11-13H,3-6,9-10H2,1-2H3,(H,19,21). The molecule has 2 heterocycles. The van der Waals surface area contributed by atoms with E-state index in [1.165, 1.54) is 0 Å². The van der Waals surface area contributed by atoms with E-state index in [1.54, 1.807) is 28.6 Å². The molecule has 0 saturated carbocycles. The zero-order valence-corrected chi connectivity index (χ0v) is 15.4. The molecule has 6 nitrogen and oxygen atoms in total. The van der Waals surface area contributed by atoms with Crippen LogP contribution >= 0.6 is 0 Å². The van der Waals surface area contributed by atoms with Crippen molar-refractivity contribution in [2.75, 3.05) is 13.1 Å². The maximum atomic E-state index is 12.9. The molecule has 1 saturated heterocycles. The molecule has 3 rings (SSSR count). The summed E-state index contributed by atoms with van der Waals surface area (Å²) in [6, 6.07) is 6.35. The van der Waals surface area contributed by atoms with E-state index in [9.17, 15) is 13.2 Å². The normalized spacial score (nSPS) is 16.9. The minimum Gasteiger partial charge on any atom is -0.451 e. The van der Waals surface area contributed by atoms with Crippen molar-refractivity contribution in [1.82, 2.24) is 9.62 Å². The zero-order valence-electron chi connectivity index (χ0n) is 14.6. The van der Waals surface area contributed by atoms with Gasteiger partial charge in [0.15, 0.2) is 5.76 Å². The van der Waals surface area contributed by atoms with Crippen LogP contribution in [0.2, 0.25) is 0 Å². The summed E-state index contributed by atoms with van der Waals surface area (Å²) in [4.78, 5) is 12.3. The highest BCUT2D eigenvalue weighted by Gasteiger charge is 2.26. The first-order valence-corrected chi connectivity index (χ1v) is 10.2. The number of benzene rings is 1. The maximum absolute atomic E-state index is 12.9. The molecule has 0 atom stereocenters. The molecule has 7 heteroatoms. The third kappa shape index (κ3) is 3.88. The lowest BCUT2D eigenvalue weighted by Crippen LogP contribution is -2.31. The van der Waals surface area contributed by atoms with Crippen LogP contribution in [0.4, 0.5) is 0 Å². The number of nitrogens with one attached hydrogen (secondary N) is 1. The molecular weight excluding hydrogens is 340 g/mol. The van der Waals surface area contributed by atoms with Crippen molar-refractivity contribution in [3.8, 4) is 0 Å². The van der Waals surface area contributed by atoms with Gasteiger partial charge < -0.3 is 9.73 Å². The topological polar surface area (TPSA) is 79.6 Å². The first-order chi connectivity index (χ1) is 11.9. The number of rotatable bonds is 4. The largest absolute Gasteiger partial charge is 0.451 e. The SMILES string of the molecule is CC(C)NC(=O)c1cc2cc(S(=O)(=O)N3CCCCCC3)ccc2o1. The fourth-order valence-corrected chi connectivity index (χ4v) is 4.61. The Balaban J connectivity index is 1.91. The Labute approximate surface area is 148 Å². The summed E-state index contributed by atoms with van der Waals surface area (Å²) in [5.41, 5.74) is 0.503. The second-order valence-corrected chi connectivity index (χ2v) is 8.69. The van der Waals surface area contributed by atoms with E-state index < -0.39 is 10.0 Å². The van der Waals surface area contributed by atoms with E-state index in [1.807, 2.05) is 13.8 Å². The van der Waals surface area contributed by atoms with Gasteiger partial charge in [0.1, 0.15) is 5.58 Å². The molecule has 1 aromatic heterocycles. The second kappa shape index (κ2) is 7.17. The van der Waals surface area contributed by atoms with Crippen molar-refractivity contribution >= 4 is 26.9 Å². The summed E-state index contributed by atoms with van der Waals surface area (Å²) >= 11 is 0. The Hall–Kier alpha value is -1.86. The summed E-state index contributed by atoms with van der Waals surface area (Å²) in [5.74, 6) is -0.115. The number of hydrogen-bond donors (Lipinski definition) is 1. The molecule has 2 aromatic rings. The minimum absolute atomic E-state index is 0.000289. The number of furan rings is 1. The third-order valence-electron chi connectivity index (χ3n) is 4.33. The van der Waals surface area contributed by atoms with Crippen molar-refractivity contribution in [2.24, 2.45) is 0 Å².